The number of pyridine rings is 1. The summed E-state index contributed by atoms with van der Waals surface area (Å²) in [6, 6.07) is 32.0. The largest absolute Gasteiger partial charge is 0.493 e. The first-order valence-corrected chi connectivity index (χ1v) is 19.2. The van der Waals surface area contributed by atoms with Gasteiger partial charge >= 0.3 is 0 Å². The quantitative estimate of drug-likeness (QED) is 0.105. The van der Waals surface area contributed by atoms with E-state index in [1.165, 1.54) is 16.7 Å². The van der Waals surface area contributed by atoms with E-state index < -0.39 is 0 Å². The van der Waals surface area contributed by atoms with Gasteiger partial charge in [0, 0.05) is 61.4 Å². The summed E-state index contributed by atoms with van der Waals surface area (Å²) >= 11 is 12.9. The fourth-order valence-electron chi connectivity index (χ4n) is 6.34. The number of aryl methyl sites for hydroxylation is 1. The summed E-state index contributed by atoms with van der Waals surface area (Å²) in [7, 11) is 0. The van der Waals surface area contributed by atoms with E-state index in [0.29, 0.717) is 65.2 Å². The van der Waals surface area contributed by atoms with Crippen LogP contribution < -0.4 is 14.2 Å². The van der Waals surface area contributed by atoms with E-state index in [1.54, 1.807) is 18.3 Å². The number of hydrogen-bond acceptors (Lipinski definition) is 6. The fourth-order valence-corrected chi connectivity index (χ4v) is 6.84. The van der Waals surface area contributed by atoms with E-state index in [0.717, 1.165) is 48.5 Å². The lowest BCUT2D eigenvalue weighted by Gasteiger charge is -2.35. The van der Waals surface area contributed by atoms with Crippen LogP contribution in [0, 0.1) is 6.92 Å². The number of rotatable bonds is 14. The molecule has 1 amide bonds. The van der Waals surface area contributed by atoms with Crippen molar-refractivity contribution in [3.8, 4) is 23.1 Å². The van der Waals surface area contributed by atoms with E-state index in [9.17, 15) is 4.79 Å². The summed E-state index contributed by atoms with van der Waals surface area (Å²) in [5, 5.41) is 1.09. The summed E-state index contributed by atoms with van der Waals surface area (Å²) in [6.07, 6.45) is 4.35. The average molecular weight is 765 g/mol. The summed E-state index contributed by atoms with van der Waals surface area (Å²) < 4.78 is 17.8. The van der Waals surface area contributed by atoms with Gasteiger partial charge in [-0.1, -0.05) is 91.6 Å². The molecular formula is C45H47Cl2N3O4. The number of carbonyl (C=O) groups is 1. The molecule has 0 unspecified atom stereocenters. The van der Waals surface area contributed by atoms with Crippen molar-refractivity contribution >= 4 is 35.2 Å². The van der Waals surface area contributed by atoms with E-state index in [4.69, 9.17) is 37.4 Å². The van der Waals surface area contributed by atoms with Gasteiger partial charge in [0.2, 0.25) is 11.8 Å². The molecule has 0 bridgehead atoms. The number of amides is 1. The standard InChI is InChI=1S/C45H47Cl2N3O4/c1-31(2)37-13-15-39(16-14-37)52-24-19-34-9-11-35(12-10-34)29-49-20-22-50(23-21-49)45(51)33(4)26-36-25-32(3)44(42(47)27-36)54-43-18-17-40(28-48-43)53-30-38-7-5-6-8-41(38)46/h5-18,25-28,31H,19-24,29-30H2,1-4H3/b33-26+. The molecule has 1 aliphatic rings. The number of nitrogens with zero attached hydrogens (tertiary/aromatic N) is 3. The Labute approximate surface area is 329 Å². The van der Waals surface area contributed by atoms with Crippen LogP contribution in [-0.4, -0.2) is 53.5 Å². The summed E-state index contributed by atoms with van der Waals surface area (Å²) in [5.74, 6) is 2.96. The number of piperazine rings is 1. The predicted octanol–water partition coefficient (Wildman–Crippen LogP) is 10.6. The Bertz CT molecular complexity index is 2020. The zero-order valence-corrected chi connectivity index (χ0v) is 32.9. The minimum absolute atomic E-state index is 0.0345. The highest BCUT2D eigenvalue weighted by Crippen LogP contribution is 2.34. The van der Waals surface area contributed by atoms with Gasteiger partial charge in [-0.05, 0) is 90.1 Å². The topological polar surface area (TPSA) is 64.1 Å². The first-order chi connectivity index (χ1) is 26.1. The molecule has 4 aromatic carbocycles. The zero-order valence-electron chi connectivity index (χ0n) is 31.4. The van der Waals surface area contributed by atoms with E-state index in [-0.39, 0.29) is 5.91 Å². The first-order valence-electron chi connectivity index (χ1n) is 18.4. The van der Waals surface area contributed by atoms with Crippen LogP contribution in [0.25, 0.3) is 6.08 Å². The van der Waals surface area contributed by atoms with Crippen LogP contribution in [-0.2, 0) is 24.4 Å². The second-order valence-corrected chi connectivity index (χ2v) is 14.8. The van der Waals surface area contributed by atoms with Crippen molar-refractivity contribution in [3.05, 3.63) is 152 Å². The van der Waals surface area contributed by atoms with Crippen LogP contribution in [0.15, 0.2) is 109 Å². The highest BCUT2D eigenvalue weighted by Gasteiger charge is 2.22. The molecule has 1 aliphatic heterocycles. The Balaban J connectivity index is 0.947. The molecule has 1 fully saturated rings. The van der Waals surface area contributed by atoms with Gasteiger partial charge in [0.15, 0.2) is 5.75 Å². The van der Waals surface area contributed by atoms with Crippen LogP contribution in [0.4, 0.5) is 0 Å². The number of hydrogen-bond donors (Lipinski definition) is 0. The molecule has 280 valence electrons. The Morgan fingerprint density at radius 3 is 2.20 bits per heavy atom. The van der Waals surface area contributed by atoms with Gasteiger partial charge in [0.1, 0.15) is 18.1 Å². The SMILES string of the molecule is C/C(=C\c1cc(C)c(Oc2ccc(OCc3ccccc3Cl)cn2)c(Cl)c1)C(=O)N1CCN(Cc2ccc(CCOc3ccc(C(C)C)cc3)cc2)CC1. The third-order valence-electron chi connectivity index (χ3n) is 9.54. The fraction of sp³-hybridized carbons (Fsp3) is 0.289. The third-order valence-corrected chi connectivity index (χ3v) is 10.2. The van der Waals surface area contributed by atoms with Crippen molar-refractivity contribution in [1.82, 2.24) is 14.8 Å². The van der Waals surface area contributed by atoms with Gasteiger partial charge in [0.25, 0.3) is 0 Å². The lowest BCUT2D eigenvalue weighted by molar-refractivity contribution is -0.128. The normalized spacial score (nSPS) is 13.6. The van der Waals surface area contributed by atoms with Gasteiger partial charge < -0.3 is 19.1 Å². The number of aromatic nitrogens is 1. The number of ether oxygens (including phenoxy) is 3. The smallest absolute Gasteiger partial charge is 0.249 e. The van der Waals surface area contributed by atoms with Crippen molar-refractivity contribution in [2.24, 2.45) is 0 Å². The summed E-state index contributed by atoms with van der Waals surface area (Å²) in [6.45, 7) is 13.0. The first kappa shape index (κ1) is 38.9. The molecule has 5 aromatic rings. The van der Waals surface area contributed by atoms with E-state index in [2.05, 4.69) is 72.3 Å². The lowest BCUT2D eigenvalue weighted by Crippen LogP contribution is -2.48. The third kappa shape index (κ3) is 10.7. The van der Waals surface area contributed by atoms with E-state index in [1.807, 2.05) is 61.2 Å². The maximum Gasteiger partial charge on any atom is 0.249 e. The minimum Gasteiger partial charge on any atom is -0.493 e. The van der Waals surface area contributed by atoms with Crippen molar-refractivity contribution in [1.29, 1.82) is 0 Å². The number of benzene rings is 4. The molecule has 0 spiro atoms. The number of carbonyl (C=O) groups excluding carboxylic acids is 1. The Morgan fingerprint density at radius 2 is 1.54 bits per heavy atom. The summed E-state index contributed by atoms with van der Waals surface area (Å²) in [5.41, 5.74) is 7.07. The van der Waals surface area contributed by atoms with Crippen LogP contribution in [0.2, 0.25) is 10.0 Å². The highest BCUT2D eigenvalue weighted by molar-refractivity contribution is 6.32. The molecule has 7 nitrogen and oxygen atoms in total. The molecule has 1 saturated heterocycles. The molecule has 1 aromatic heterocycles. The van der Waals surface area contributed by atoms with Gasteiger partial charge in [-0.15, -0.1) is 0 Å². The van der Waals surface area contributed by atoms with Gasteiger partial charge in [-0.25, -0.2) is 4.98 Å². The maximum absolute atomic E-state index is 13.4. The van der Waals surface area contributed by atoms with Crippen LogP contribution in [0.1, 0.15) is 60.1 Å². The average Bonchev–Trinajstić information content (AvgIpc) is 3.17. The van der Waals surface area contributed by atoms with Gasteiger partial charge in [0.05, 0.1) is 17.8 Å². The molecule has 0 atom stereocenters. The minimum atomic E-state index is 0.0345. The molecule has 0 saturated carbocycles. The molecule has 9 heteroatoms. The maximum atomic E-state index is 13.4. The predicted molar refractivity (Wildman–Crippen MR) is 218 cm³/mol. The molecule has 0 aliphatic carbocycles. The Morgan fingerprint density at radius 1 is 0.833 bits per heavy atom. The molecular weight excluding hydrogens is 717 g/mol. The van der Waals surface area contributed by atoms with Crippen molar-refractivity contribution in [3.63, 3.8) is 0 Å². The monoisotopic (exact) mass is 763 g/mol. The van der Waals surface area contributed by atoms with Crippen molar-refractivity contribution in [2.75, 3.05) is 32.8 Å². The second kappa shape index (κ2) is 18.5. The van der Waals surface area contributed by atoms with Crippen LogP contribution in [0.5, 0.6) is 23.1 Å². The van der Waals surface area contributed by atoms with Crippen LogP contribution in [0.3, 0.4) is 0 Å². The van der Waals surface area contributed by atoms with Gasteiger partial charge in [-0.3, -0.25) is 9.69 Å². The highest BCUT2D eigenvalue weighted by atomic mass is 35.5. The Hall–Kier alpha value is -4.82. The summed E-state index contributed by atoms with van der Waals surface area (Å²) in [4.78, 5) is 22.1. The van der Waals surface area contributed by atoms with Gasteiger partial charge in [-0.2, -0.15) is 0 Å². The molecule has 2 heterocycles. The van der Waals surface area contributed by atoms with E-state index >= 15 is 0 Å². The lowest BCUT2D eigenvalue weighted by atomic mass is 10.0. The van der Waals surface area contributed by atoms with Crippen molar-refractivity contribution in [2.45, 2.75) is 53.2 Å². The Kier molecular flexibility index (Phi) is 13.3. The zero-order chi connectivity index (χ0) is 38.0. The molecule has 6 rings (SSSR count). The molecule has 0 N–H and O–H groups in total. The second-order valence-electron chi connectivity index (χ2n) is 14.0. The number of halogens is 2. The molecule has 0 radical (unpaired) electrons. The van der Waals surface area contributed by atoms with Crippen LogP contribution >= 0.6 is 23.2 Å². The van der Waals surface area contributed by atoms with Crippen molar-refractivity contribution < 1.29 is 19.0 Å². The molecule has 54 heavy (non-hydrogen) atoms.